The average Bonchev–Trinajstić information content (AvgIpc) is 3.25. The Kier molecular flexibility index (Phi) is 5.43. The third kappa shape index (κ3) is 4.61. The summed E-state index contributed by atoms with van der Waals surface area (Å²) in [5, 5.41) is 6.52. The van der Waals surface area contributed by atoms with E-state index in [4.69, 9.17) is 4.74 Å². The van der Waals surface area contributed by atoms with Crippen LogP contribution in [-0.4, -0.2) is 32.5 Å². The van der Waals surface area contributed by atoms with Crippen molar-refractivity contribution in [3.8, 4) is 11.5 Å². The van der Waals surface area contributed by atoms with Gasteiger partial charge in [0.15, 0.2) is 0 Å². The van der Waals surface area contributed by atoms with E-state index in [0.29, 0.717) is 43.3 Å². The molecule has 1 aliphatic rings. The number of carbonyl (C=O) groups excluding carboxylic acids is 1. The highest BCUT2D eigenvalue weighted by atomic mass is 19.4. The number of H-pyrrole nitrogens is 1. The summed E-state index contributed by atoms with van der Waals surface area (Å²) in [5.41, 5.74) is 1.38. The van der Waals surface area contributed by atoms with Crippen molar-refractivity contribution in [3.63, 3.8) is 0 Å². The summed E-state index contributed by atoms with van der Waals surface area (Å²) in [5.74, 6) is 1.54. The number of fused-ring (bicyclic) bond motifs is 1. The summed E-state index contributed by atoms with van der Waals surface area (Å²) in [7, 11) is 0. The number of halogens is 3. The molecule has 30 heavy (non-hydrogen) atoms. The number of aromatic amines is 1. The number of nitrogens with one attached hydrogen (secondary N) is 1. The number of alkyl halides is 3. The molecular weight excluding hydrogens is 397 g/mol. The fourth-order valence-corrected chi connectivity index (χ4v) is 3.39. The number of hydrogen-bond acceptors (Lipinski definition) is 4. The van der Waals surface area contributed by atoms with Gasteiger partial charge in [-0.05, 0) is 53.9 Å². The topological polar surface area (TPSA) is 71.1 Å². The third-order valence-corrected chi connectivity index (χ3v) is 5.00. The minimum absolute atomic E-state index is 0.0334. The van der Waals surface area contributed by atoms with Crippen LogP contribution in [0.25, 0.3) is 0 Å². The molecule has 2 aromatic carbocycles. The van der Waals surface area contributed by atoms with Crippen molar-refractivity contribution >= 4 is 5.91 Å². The third-order valence-electron chi connectivity index (χ3n) is 5.00. The lowest BCUT2D eigenvalue weighted by molar-refractivity contribution is -0.137. The molecule has 6 nitrogen and oxygen atoms in total. The molecule has 156 valence electrons. The Balaban J connectivity index is 1.40. The predicted molar refractivity (Wildman–Crippen MR) is 102 cm³/mol. The largest absolute Gasteiger partial charge is 0.457 e. The number of ether oxygens (including phenoxy) is 1. The molecule has 1 N–H and O–H groups in total. The summed E-state index contributed by atoms with van der Waals surface area (Å²) in [6, 6.07) is 10.1. The molecule has 0 saturated heterocycles. The van der Waals surface area contributed by atoms with Crippen LogP contribution in [0.3, 0.4) is 0 Å². The normalized spacial score (nSPS) is 13.8. The van der Waals surface area contributed by atoms with Gasteiger partial charge in [0.1, 0.15) is 23.7 Å². The number of amides is 1. The maximum Gasteiger partial charge on any atom is 0.416 e. The fraction of sp³-hybridized carbons (Fsp3) is 0.286. The molecule has 4 rings (SSSR count). The monoisotopic (exact) mass is 416 g/mol. The van der Waals surface area contributed by atoms with Crippen LogP contribution < -0.4 is 4.74 Å². The Labute approximate surface area is 170 Å². The fourth-order valence-electron chi connectivity index (χ4n) is 3.39. The molecule has 0 aliphatic carbocycles. The van der Waals surface area contributed by atoms with Gasteiger partial charge in [0.05, 0.1) is 5.56 Å². The van der Waals surface area contributed by atoms with Crippen molar-refractivity contribution in [3.05, 3.63) is 71.3 Å². The average molecular weight is 416 g/mol. The zero-order valence-corrected chi connectivity index (χ0v) is 15.9. The van der Waals surface area contributed by atoms with Crippen molar-refractivity contribution in [2.24, 2.45) is 0 Å². The first-order chi connectivity index (χ1) is 14.4. The van der Waals surface area contributed by atoms with E-state index >= 15 is 0 Å². The first kappa shape index (κ1) is 19.9. The first-order valence-corrected chi connectivity index (χ1v) is 9.47. The first-order valence-electron chi connectivity index (χ1n) is 9.47. The van der Waals surface area contributed by atoms with Gasteiger partial charge in [0.25, 0.3) is 0 Å². The molecule has 2 heterocycles. The molecule has 0 atom stereocenters. The number of aryl methyl sites for hydroxylation is 1. The van der Waals surface area contributed by atoms with Crippen LogP contribution >= 0.6 is 0 Å². The zero-order chi connectivity index (χ0) is 21.1. The highest BCUT2D eigenvalue weighted by molar-refractivity contribution is 5.76. The van der Waals surface area contributed by atoms with Gasteiger partial charge in [-0.15, -0.1) is 0 Å². The van der Waals surface area contributed by atoms with Gasteiger partial charge >= 0.3 is 6.18 Å². The van der Waals surface area contributed by atoms with Crippen LogP contribution in [0.2, 0.25) is 0 Å². The maximum atomic E-state index is 12.7. The summed E-state index contributed by atoms with van der Waals surface area (Å²) in [6.07, 6.45) is -1.39. The number of rotatable bonds is 5. The van der Waals surface area contributed by atoms with Crippen molar-refractivity contribution in [1.29, 1.82) is 0 Å². The number of aromatic nitrogens is 3. The zero-order valence-electron chi connectivity index (χ0n) is 15.9. The van der Waals surface area contributed by atoms with E-state index in [-0.39, 0.29) is 5.91 Å². The summed E-state index contributed by atoms with van der Waals surface area (Å²) >= 11 is 0. The number of carbonyl (C=O) groups is 1. The Morgan fingerprint density at radius 3 is 2.57 bits per heavy atom. The molecular formula is C21H19F3N4O2. The van der Waals surface area contributed by atoms with Crippen LogP contribution in [0.5, 0.6) is 11.5 Å². The molecule has 9 heteroatoms. The standard InChI is InChI=1S/C21H19F3N4O2/c22-21(23,24)16-2-5-17(6-3-16)30-18-4-1-14-9-10-28(12-15(14)11-18)20(29)8-7-19-25-13-26-27-19/h1-6,11,13H,7-10,12H2,(H,25,26,27). The Bertz CT molecular complexity index is 1020. The second kappa shape index (κ2) is 8.17. The molecule has 0 radical (unpaired) electrons. The van der Waals surface area contributed by atoms with E-state index in [2.05, 4.69) is 15.2 Å². The predicted octanol–water partition coefficient (Wildman–Crippen LogP) is 4.13. The molecule has 0 bridgehead atoms. The minimum atomic E-state index is -4.38. The molecule has 1 aliphatic heterocycles. The van der Waals surface area contributed by atoms with E-state index in [0.717, 1.165) is 29.7 Å². The maximum absolute atomic E-state index is 12.7. The van der Waals surface area contributed by atoms with E-state index in [1.54, 1.807) is 11.0 Å². The van der Waals surface area contributed by atoms with Crippen molar-refractivity contribution in [1.82, 2.24) is 20.1 Å². The van der Waals surface area contributed by atoms with Crippen LogP contribution in [0.15, 0.2) is 48.8 Å². The molecule has 0 saturated carbocycles. The lowest BCUT2D eigenvalue weighted by atomic mass is 9.99. The van der Waals surface area contributed by atoms with Crippen molar-refractivity contribution in [2.45, 2.75) is 32.0 Å². The second-order valence-electron chi connectivity index (χ2n) is 7.05. The molecule has 0 spiro atoms. The SMILES string of the molecule is O=C(CCc1ncn[nH]1)N1CCc2ccc(Oc3ccc(C(F)(F)F)cc3)cc2C1. The van der Waals surface area contributed by atoms with Gasteiger partial charge in [0.2, 0.25) is 5.91 Å². The molecule has 0 fully saturated rings. The van der Waals surface area contributed by atoms with Gasteiger partial charge in [-0.3, -0.25) is 9.89 Å². The number of nitrogens with zero attached hydrogens (tertiary/aromatic N) is 3. The Morgan fingerprint density at radius 1 is 1.10 bits per heavy atom. The van der Waals surface area contributed by atoms with Gasteiger partial charge in [-0.1, -0.05) is 6.07 Å². The summed E-state index contributed by atoms with van der Waals surface area (Å²) < 4.78 is 43.8. The molecule has 3 aromatic rings. The Hall–Kier alpha value is -3.36. The van der Waals surface area contributed by atoms with Crippen LogP contribution in [0.1, 0.15) is 28.9 Å². The minimum Gasteiger partial charge on any atom is -0.457 e. The van der Waals surface area contributed by atoms with Crippen molar-refractivity contribution < 1.29 is 22.7 Å². The quantitative estimate of drug-likeness (QED) is 0.679. The van der Waals surface area contributed by atoms with Crippen LogP contribution in [-0.2, 0) is 30.4 Å². The smallest absolute Gasteiger partial charge is 0.416 e. The molecule has 1 amide bonds. The highest BCUT2D eigenvalue weighted by Crippen LogP contribution is 2.32. The van der Waals surface area contributed by atoms with Gasteiger partial charge in [-0.2, -0.15) is 18.3 Å². The van der Waals surface area contributed by atoms with Crippen molar-refractivity contribution in [2.75, 3.05) is 6.54 Å². The molecule has 1 aromatic heterocycles. The lowest BCUT2D eigenvalue weighted by Crippen LogP contribution is -2.36. The van der Waals surface area contributed by atoms with Gasteiger partial charge in [0, 0.05) is 25.9 Å². The molecule has 0 unspecified atom stereocenters. The second-order valence-corrected chi connectivity index (χ2v) is 7.05. The number of hydrogen-bond donors (Lipinski definition) is 1. The van der Waals surface area contributed by atoms with Crippen LogP contribution in [0.4, 0.5) is 13.2 Å². The highest BCUT2D eigenvalue weighted by Gasteiger charge is 2.30. The summed E-state index contributed by atoms with van der Waals surface area (Å²) in [6.45, 7) is 1.11. The van der Waals surface area contributed by atoms with Gasteiger partial charge in [-0.25, -0.2) is 4.98 Å². The van der Waals surface area contributed by atoms with E-state index < -0.39 is 11.7 Å². The van der Waals surface area contributed by atoms with E-state index in [1.807, 2.05) is 12.1 Å². The summed E-state index contributed by atoms with van der Waals surface area (Å²) in [4.78, 5) is 18.3. The Morgan fingerprint density at radius 2 is 1.87 bits per heavy atom. The van der Waals surface area contributed by atoms with Gasteiger partial charge < -0.3 is 9.64 Å². The van der Waals surface area contributed by atoms with E-state index in [1.165, 1.54) is 18.5 Å². The van der Waals surface area contributed by atoms with E-state index in [9.17, 15) is 18.0 Å². The lowest BCUT2D eigenvalue weighted by Gasteiger charge is -2.29. The number of benzene rings is 2. The van der Waals surface area contributed by atoms with Crippen LogP contribution in [0, 0.1) is 0 Å².